The number of aliphatic hydroxyl groups is 1. The van der Waals surface area contributed by atoms with E-state index in [2.05, 4.69) is 12.2 Å². The van der Waals surface area contributed by atoms with Crippen LogP contribution in [0.4, 0.5) is 13.2 Å². The van der Waals surface area contributed by atoms with Crippen LogP contribution in [-0.2, 0) is 6.18 Å². The van der Waals surface area contributed by atoms with E-state index < -0.39 is 17.8 Å². The molecular weight excluding hydrogens is 255 g/mol. The summed E-state index contributed by atoms with van der Waals surface area (Å²) in [5, 5.41) is 13.4. The molecule has 0 amide bonds. The Labute approximate surface area is 110 Å². The van der Waals surface area contributed by atoms with Crippen molar-refractivity contribution in [3.8, 4) is 0 Å². The zero-order chi connectivity index (χ0) is 14.0. The molecule has 2 rings (SSSR count). The van der Waals surface area contributed by atoms with Gasteiger partial charge in [-0.2, -0.15) is 13.2 Å². The molecule has 2 nitrogen and oxygen atoms in total. The van der Waals surface area contributed by atoms with Crippen LogP contribution in [0, 0.1) is 5.92 Å². The van der Waals surface area contributed by atoms with Gasteiger partial charge in [-0.3, -0.25) is 0 Å². The van der Waals surface area contributed by atoms with Crippen molar-refractivity contribution in [1.29, 1.82) is 0 Å². The first-order chi connectivity index (χ1) is 8.89. The summed E-state index contributed by atoms with van der Waals surface area (Å²) in [5.41, 5.74) is -0.788. The van der Waals surface area contributed by atoms with Gasteiger partial charge in [0.15, 0.2) is 0 Å². The minimum atomic E-state index is -4.43. The van der Waals surface area contributed by atoms with Gasteiger partial charge in [-0.25, -0.2) is 0 Å². The van der Waals surface area contributed by atoms with E-state index in [4.69, 9.17) is 0 Å². The number of halogens is 3. The van der Waals surface area contributed by atoms with Crippen LogP contribution >= 0.6 is 0 Å². The van der Waals surface area contributed by atoms with Crippen molar-refractivity contribution in [3.05, 3.63) is 35.4 Å². The van der Waals surface area contributed by atoms with Crippen molar-refractivity contribution in [3.63, 3.8) is 0 Å². The van der Waals surface area contributed by atoms with Crippen molar-refractivity contribution in [1.82, 2.24) is 5.32 Å². The van der Waals surface area contributed by atoms with Gasteiger partial charge in [0.2, 0.25) is 0 Å². The Kier molecular flexibility index (Phi) is 4.16. The van der Waals surface area contributed by atoms with E-state index in [1.807, 2.05) is 0 Å². The van der Waals surface area contributed by atoms with Crippen molar-refractivity contribution < 1.29 is 18.3 Å². The molecule has 0 bridgehead atoms. The maximum atomic E-state index is 12.9. The van der Waals surface area contributed by atoms with Gasteiger partial charge in [-0.1, -0.05) is 25.1 Å². The lowest BCUT2D eigenvalue weighted by atomic mass is 9.87. The van der Waals surface area contributed by atoms with Crippen LogP contribution in [-0.4, -0.2) is 17.7 Å². The molecule has 0 saturated carbocycles. The molecule has 0 spiro atoms. The molecule has 5 heteroatoms. The number of rotatable bonds is 2. The van der Waals surface area contributed by atoms with Gasteiger partial charge >= 0.3 is 6.18 Å². The van der Waals surface area contributed by atoms with Crippen LogP contribution in [0.15, 0.2) is 24.3 Å². The Morgan fingerprint density at radius 2 is 2.00 bits per heavy atom. The second-order valence-electron chi connectivity index (χ2n) is 5.22. The summed E-state index contributed by atoms with van der Waals surface area (Å²) in [6, 6.07) is 4.93. The molecule has 1 aliphatic heterocycles. The van der Waals surface area contributed by atoms with Crippen LogP contribution in [0.3, 0.4) is 0 Å². The summed E-state index contributed by atoms with van der Waals surface area (Å²) in [6.45, 7) is 2.79. The minimum Gasteiger partial charge on any atom is -0.387 e. The van der Waals surface area contributed by atoms with Crippen molar-refractivity contribution >= 4 is 0 Å². The van der Waals surface area contributed by atoms with E-state index in [9.17, 15) is 18.3 Å². The lowest BCUT2D eigenvalue weighted by molar-refractivity contribution is -0.139. The Bertz CT molecular complexity index is 433. The molecule has 1 heterocycles. The molecule has 0 aliphatic carbocycles. The highest BCUT2D eigenvalue weighted by Gasteiger charge is 2.37. The normalized spacial score (nSPS) is 26.2. The summed E-state index contributed by atoms with van der Waals surface area (Å²) in [6.07, 6.45) is -3.88. The van der Waals surface area contributed by atoms with E-state index in [1.54, 1.807) is 0 Å². The number of piperidine rings is 1. The largest absolute Gasteiger partial charge is 0.416 e. The fourth-order valence-electron chi connectivity index (χ4n) is 2.62. The molecule has 1 saturated heterocycles. The maximum absolute atomic E-state index is 12.9. The first-order valence-corrected chi connectivity index (χ1v) is 6.47. The number of nitrogens with one attached hydrogen (secondary N) is 1. The molecule has 0 aromatic heterocycles. The molecule has 2 N–H and O–H groups in total. The van der Waals surface area contributed by atoms with Gasteiger partial charge in [-0.05, 0) is 36.9 Å². The average Bonchev–Trinajstić information content (AvgIpc) is 2.37. The molecule has 1 fully saturated rings. The van der Waals surface area contributed by atoms with E-state index in [0.29, 0.717) is 12.3 Å². The fourth-order valence-corrected chi connectivity index (χ4v) is 2.62. The van der Waals surface area contributed by atoms with Crippen molar-refractivity contribution in [2.75, 3.05) is 6.54 Å². The first-order valence-electron chi connectivity index (χ1n) is 6.47. The highest BCUT2D eigenvalue weighted by molar-refractivity contribution is 5.32. The van der Waals surface area contributed by atoms with Crippen molar-refractivity contribution in [2.24, 2.45) is 5.92 Å². The zero-order valence-electron chi connectivity index (χ0n) is 10.7. The smallest absolute Gasteiger partial charge is 0.387 e. The Hall–Kier alpha value is -1.07. The predicted molar refractivity (Wildman–Crippen MR) is 66.6 cm³/mol. The van der Waals surface area contributed by atoms with Gasteiger partial charge < -0.3 is 10.4 Å². The van der Waals surface area contributed by atoms with Crippen LogP contribution in [0.5, 0.6) is 0 Å². The van der Waals surface area contributed by atoms with E-state index in [0.717, 1.165) is 19.0 Å². The molecule has 3 unspecified atom stereocenters. The minimum absolute atomic E-state index is 0.0402. The molecule has 3 atom stereocenters. The summed E-state index contributed by atoms with van der Waals surface area (Å²) >= 11 is 0. The van der Waals surface area contributed by atoms with Gasteiger partial charge in [0.05, 0.1) is 11.7 Å². The third-order valence-corrected chi connectivity index (χ3v) is 3.67. The Morgan fingerprint density at radius 3 is 2.63 bits per heavy atom. The molecule has 106 valence electrons. The molecule has 19 heavy (non-hydrogen) atoms. The predicted octanol–water partition coefficient (Wildman–Crippen LogP) is 3.13. The monoisotopic (exact) mass is 273 g/mol. The quantitative estimate of drug-likeness (QED) is 0.867. The van der Waals surface area contributed by atoms with Gasteiger partial charge in [0.1, 0.15) is 0 Å². The summed E-state index contributed by atoms with van der Waals surface area (Å²) in [7, 11) is 0. The first kappa shape index (κ1) is 14.3. The third kappa shape index (κ3) is 3.28. The van der Waals surface area contributed by atoms with E-state index in [1.165, 1.54) is 18.2 Å². The van der Waals surface area contributed by atoms with E-state index in [-0.39, 0.29) is 11.6 Å². The van der Waals surface area contributed by atoms with Crippen LogP contribution in [0.2, 0.25) is 0 Å². The second-order valence-corrected chi connectivity index (χ2v) is 5.22. The van der Waals surface area contributed by atoms with Crippen LogP contribution in [0.1, 0.15) is 37.0 Å². The SMILES string of the molecule is CC1CCNC(C(O)c2ccccc2C(F)(F)F)C1. The lowest BCUT2D eigenvalue weighted by Gasteiger charge is -2.32. The highest BCUT2D eigenvalue weighted by Crippen LogP contribution is 2.36. The van der Waals surface area contributed by atoms with Crippen LogP contribution < -0.4 is 5.32 Å². The summed E-state index contributed by atoms with van der Waals surface area (Å²) < 4.78 is 38.8. The summed E-state index contributed by atoms with van der Waals surface area (Å²) in [5.74, 6) is 0.416. The fraction of sp³-hybridized carbons (Fsp3) is 0.571. The molecular formula is C14H18F3NO. The van der Waals surface area contributed by atoms with E-state index >= 15 is 0 Å². The second kappa shape index (κ2) is 5.51. The van der Waals surface area contributed by atoms with Crippen molar-refractivity contribution in [2.45, 2.75) is 38.1 Å². The standard InChI is InChI=1S/C14H18F3NO/c1-9-6-7-18-12(8-9)13(19)10-4-2-3-5-11(10)14(15,16)17/h2-5,9,12-13,18-19H,6-8H2,1H3. The highest BCUT2D eigenvalue weighted by atomic mass is 19.4. The average molecular weight is 273 g/mol. The molecule has 0 radical (unpaired) electrons. The third-order valence-electron chi connectivity index (χ3n) is 3.67. The number of aliphatic hydroxyl groups excluding tert-OH is 1. The van der Waals surface area contributed by atoms with Gasteiger partial charge in [0.25, 0.3) is 0 Å². The van der Waals surface area contributed by atoms with Crippen LogP contribution in [0.25, 0.3) is 0 Å². The molecule has 1 aliphatic rings. The number of hydrogen-bond donors (Lipinski definition) is 2. The summed E-state index contributed by atoms with van der Waals surface area (Å²) in [4.78, 5) is 0. The number of benzene rings is 1. The zero-order valence-corrected chi connectivity index (χ0v) is 10.7. The molecule has 1 aromatic rings. The van der Waals surface area contributed by atoms with Gasteiger partial charge in [0, 0.05) is 6.04 Å². The van der Waals surface area contributed by atoms with Gasteiger partial charge in [-0.15, -0.1) is 0 Å². The topological polar surface area (TPSA) is 32.3 Å². The Balaban J connectivity index is 2.26. The lowest BCUT2D eigenvalue weighted by Crippen LogP contribution is -2.42. The molecule has 1 aromatic carbocycles. The number of alkyl halides is 3. The Morgan fingerprint density at radius 1 is 1.32 bits per heavy atom. The number of hydrogen-bond acceptors (Lipinski definition) is 2. The maximum Gasteiger partial charge on any atom is 0.416 e.